The maximum atomic E-state index is 10.3. The molecule has 2 heterocycles. The molecular weight excluding hydrogens is 392 g/mol. The lowest BCUT2D eigenvalue weighted by molar-refractivity contribution is -0.230. The van der Waals surface area contributed by atoms with Crippen molar-refractivity contribution in [3.05, 3.63) is 41.5 Å². The molecule has 162 valence electrons. The molecule has 0 amide bonds. The molecule has 2 saturated heterocycles. The molecule has 8 nitrogen and oxygen atoms in total. The molecule has 0 aliphatic carbocycles. The maximum Gasteiger partial charge on any atom is 0.200 e. The van der Waals surface area contributed by atoms with Gasteiger partial charge in [0, 0.05) is 24.5 Å². The number of benzene rings is 2. The minimum atomic E-state index is -1.07. The number of hydrogen-bond acceptors (Lipinski definition) is 8. The number of fused-ring (bicyclic) bond motifs is 1. The number of phenolic OH excluding ortho intramolecular Hbond substituents is 2. The summed E-state index contributed by atoms with van der Waals surface area (Å²) in [6, 6.07) is 8.59. The summed E-state index contributed by atoms with van der Waals surface area (Å²) in [6.45, 7) is 0.829. The second kappa shape index (κ2) is 7.86. The molecule has 2 aromatic rings. The van der Waals surface area contributed by atoms with Gasteiger partial charge in [-0.05, 0) is 29.8 Å². The largest absolute Gasteiger partial charge is 0.504 e. The lowest BCUT2D eigenvalue weighted by Crippen LogP contribution is -2.36. The number of phenols is 2. The summed E-state index contributed by atoms with van der Waals surface area (Å²) in [5, 5.41) is 20.2. The van der Waals surface area contributed by atoms with Gasteiger partial charge in [-0.3, -0.25) is 0 Å². The van der Waals surface area contributed by atoms with Gasteiger partial charge in [0.2, 0.25) is 5.75 Å². The number of aromatic hydroxyl groups is 2. The third kappa shape index (κ3) is 3.03. The second-order valence-corrected chi connectivity index (χ2v) is 7.37. The van der Waals surface area contributed by atoms with Crippen LogP contribution in [-0.4, -0.2) is 51.9 Å². The highest BCUT2D eigenvalue weighted by Crippen LogP contribution is 2.55. The van der Waals surface area contributed by atoms with E-state index in [1.165, 1.54) is 21.3 Å². The minimum Gasteiger partial charge on any atom is -0.504 e. The molecule has 0 spiro atoms. The van der Waals surface area contributed by atoms with E-state index in [9.17, 15) is 10.2 Å². The standard InChI is InChI=1S/C22H26O8/c1-25-17-7-12(5-6-16(17)23)21-14-10-30-22(28-4,15(14)11-29-21)13-8-18(26-2)20(24)19(9-13)27-3/h5-9,14-15,21,23-24H,10-11H2,1-4H3. The molecule has 2 N–H and O–H groups in total. The van der Waals surface area contributed by atoms with Crippen molar-refractivity contribution in [2.45, 2.75) is 11.9 Å². The maximum absolute atomic E-state index is 10.3. The van der Waals surface area contributed by atoms with Crippen LogP contribution in [0.25, 0.3) is 0 Å². The van der Waals surface area contributed by atoms with Gasteiger partial charge in [0.15, 0.2) is 28.8 Å². The van der Waals surface area contributed by atoms with Gasteiger partial charge in [-0.15, -0.1) is 0 Å². The van der Waals surface area contributed by atoms with E-state index in [1.807, 2.05) is 6.07 Å². The van der Waals surface area contributed by atoms with Crippen LogP contribution in [0, 0.1) is 11.8 Å². The number of rotatable bonds is 6. The molecule has 4 atom stereocenters. The average molecular weight is 418 g/mol. The number of methoxy groups -OCH3 is 4. The quantitative estimate of drug-likeness (QED) is 0.739. The molecule has 8 heteroatoms. The van der Waals surface area contributed by atoms with Crippen molar-refractivity contribution in [2.24, 2.45) is 11.8 Å². The van der Waals surface area contributed by atoms with E-state index in [4.69, 9.17) is 28.4 Å². The number of ether oxygens (including phenoxy) is 6. The average Bonchev–Trinajstić information content (AvgIpc) is 3.35. The lowest BCUT2D eigenvalue weighted by Gasteiger charge is -2.32. The lowest BCUT2D eigenvalue weighted by atomic mass is 9.82. The Labute approximate surface area is 174 Å². The van der Waals surface area contributed by atoms with Crippen LogP contribution in [-0.2, 0) is 20.0 Å². The normalized spacial score (nSPS) is 27.7. The Morgan fingerprint density at radius 2 is 1.57 bits per heavy atom. The van der Waals surface area contributed by atoms with Crippen LogP contribution >= 0.6 is 0 Å². The van der Waals surface area contributed by atoms with E-state index >= 15 is 0 Å². The van der Waals surface area contributed by atoms with Crippen LogP contribution < -0.4 is 14.2 Å². The van der Waals surface area contributed by atoms with Gasteiger partial charge in [0.05, 0.1) is 40.6 Å². The van der Waals surface area contributed by atoms with Gasteiger partial charge in [-0.1, -0.05) is 6.07 Å². The third-order valence-corrected chi connectivity index (χ3v) is 6.06. The summed E-state index contributed by atoms with van der Waals surface area (Å²) in [5.74, 6) is -0.234. The van der Waals surface area contributed by atoms with Crippen molar-refractivity contribution >= 4 is 0 Å². The zero-order valence-electron chi connectivity index (χ0n) is 17.4. The summed E-state index contributed by atoms with van der Waals surface area (Å²) < 4.78 is 34.2. The van der Waals surface area contributed by atoms with E-state index in [0.29, 0.717) is 24.5 Å². The summed E-state index contributed by atoms with van der Waals surface area (Å²) >= 11 is 0. The van der Waals surface area contributed by atoms with Gasteiger partial charge in [-0.2, -0.15) is 0 Å². The van der Waals surface area contributed by atoms with E-state index in [2.05, 4.69) is 0 Å². The molecule has 2 aromatic carbocycles. The molecular formula is C22H26O8. The predicted octanol–water partition coefficient (Wildman–Crippen LogP) is 2.96. The Morgan fingerprint density at radius 3 is 2.17 bits per heavy atom. The third-order valence-electron chi connectivity index (χ3n) is 6.06. The first-order valence-electron chi connectivity index (χ1n) is 9.62. The van der Waals surface area contributed by atoms with E-state index in [0.717, 1.165) is 5.56 Å². The van der Waals surface area contributed by atoms with Crippen LogP contribution in [0.4, 0.5) is 0 Å². The molecule has 4 rings (SSSR count). The predicted molar refractivity (Wildman–Crippen MR) is 106 cm³/mol. The first-order chi connectivity index (χ1) is 14.5. The van der Waals surface area contributed by atoms with Crippen molar-refractivity contribution in [3.63, 3.8) is 0 Å². The summed E-state index contributed by atoms with van der Waals surface area (Å²) in [5.41, 5.74) is 1.57. The number of hydrogen-bond donors (Lipinski definition) is 2. The van der Waals surface area contributed by atoms with Gasteiger partial charge in [0.25, 0.3) is 0 Å². The van der Waals surface area contributed by atoms with Crippen LogP contribution in [0.3, 0.4) is 0 Å². The second-order valence-electron chi connectivity index (χ2n) is 7.37. The Bertz CT molecular complexity index is 904. The molecule has 0 bridgehead atoms. The summed E-state index contributed by atoms with van der Waals surface area (Å²) in [4.78, 5) is 0. The van der Waals surface area contributed by atoms with Crippen molar-refractivity contribution < 1.29 is 38.6 Å². The topological polar surface area (TPSA) is 95.8 Å². The van der Waals surface area contributed by atoms with Crippen molar-refractivity contribution in [2.75, 3.05) is 41.7 Å². The Hall–Kier alpha value is -2.68. The van der Waals surface area contributed by atoms with Crippen molar-refractivity contribution in [1.29, 1.82) is 0 Å². The van der Waals surface area contributed by atoms with Crippen LogP contribution in [0.5, 0.6) is 28.7 Å². The van der Waals surface area contributed by atoms with E-state index in [-0.39, 0.29) is 40.9 Å². The Morgan fingerprint density at radius 1 is 0.900 bits per heavy atom. The zero-order valence-corrected chi connectivity index (χ0v) is 17.4. The minimum absolute atomic E-state index is 0.0185. The van der Waals surface area contributed by atoms with Crippen LogP contribution in [0.2, 0.25) is 0 Å². The monoisotopic (exact) mass is 418 g/mol. The molecule has 0 saturated carbocycles. The van der Waals surface area contributed by atoms with Gasteiger partial charge in [-0.25, -0.2) is 0 Å². The first kappa shape index (κ1) is 20.6. The van der Waals surface area contributed by atoms with E-state index in [1.54, 1.807) is 31.4 Å². The Balaban J connectivity index is 1.71. The van der Waals surface area contributed by atoms with Gasteiger partial charge >= 0.3 is 0 Å². The highest BCUT2D eigenvalue weighted by Gasteiger charge is 2.58. The molecule has 2 aliphatic heterocycles. The first-order valence-corrected chi connectivity index (χ1v) is 9.62. The van der Waals surface area contributed by atoms with Crippen LogP contribution in [0.1, 0.15) is 17.2 Å². The van der Waals surface area contributed by atoms with Gasteiger partial charge < -0.3 is 38.6 Å². The summed E-state index contributed by atoms with van der Waals surface area (Å²) in [6.07, 6.45) is -0.234. The van der Waals surface area contributed by atoms with E-state index < -0.39 is 5.79 Å². The highest BCUT2D eigenvalue weighted by molar-refractivity contribution is 5.54. The molecule has 2 fully saturated rings. The van der Waals surface area contributed by atoms with Gasteiger partial charge in [0.1, 0.15) is 0 Å². The van der Waals surface area contributed by atoms with Crippen LogP contribution in [0.15, 0.2) is 30.3 Å². The SMILES string of the molecule is COc1cc(C2OCC3C2COC3(OC)c2cc(OC)c(O)c(OC)c2)ccc1O. The molecule has 30 heavy (non-hydrogen) atoms. The fraction of sp³-hybridized carbons (Fsp3) is 0.455. The smallest absolute Gasteiger partial charge is 0.200 e. The molecule has 4 unspecified atom stereocenters. The van der Waals surface area contributed by atoms with Crippen molar-refractivity contribution in [1.82, 2.24) is 0 Å². The molecule has 2 aliphatic rings. The highest BCUT2D eigenvalue weighted by atomic mass is 16.7. The fourth-order valence-electron chi connectivity index (χ4n) is 4.52. The molecule has 0 aromatic heterocycles. The molecule has 0 radical (unpaired) electrons. The Kier molecular flexibility index (Phi) is 5.40. The summed E-state index contributed by atoms with van der Waals surface area (Å²) in [7, 11) is 6.05. The fourth-order valence-corrected chi connectivity index (χ4v) is 4.52. The van der Waals surface area contributed by atoms with Crippen molar-refractivity contribution in [3.8, 4) is 28.7 Å². The zero-order chi connectivity index (χ0) is 21.5.